The first-order valence-electron chi connectivity index (χ1n) is 18.1. The molecule has 2 aliphatic rings. The van der Waals surface area contributed by atoms with Gasteiger partial charge in [-0.05, 0) is 78.2 Å². The van der Waals surface area contributed by atoms with Crippen molar-refractivity contribution in [3.05, 3.63) is 84.3 Å². The fraction of sp³-hybridized carbons (Fsp3) is 0.444. The summed E-state index contributed by atoms with van der Waals surface area (Å²) in [5.74, 6) is -2.42. The Balaban J connectivity index is 0.000000260. The molecule has 0 radical (unpaired) electrons. The number of nitrogens with zero attached hydrogens (tertiary/aromatic N) is 4. The Morgan fingerprint density at radius 1 is 1.14 bits per heavy atom. The molecular formula is C36H43ClF4N5O12PS4. The number of carbonyl (C=O) groups is 3. The van der Waals surface area contributed by atoms with Crippen LogP contribution in [0, 0.1) is 5.82 Å². The molecule has 1 saturated carbocycles. The molecule has 0 amide bonds. The molecule has 63 heavy (non-hydrogen) atoms. The number of aliphatic carboxylic acids is 1. The van der Waals surface area contributed by atoms with Gasteiger partial charge in [0.15, 0.2) is 21.4 Å². The van der Waals surface area contributed by atoms with Gasteiger partial charge in [0, 0.05) is 35.7 Å². The number of fused-ring (bicyclic) bond motifs is 1. The average molecular weight is 1010 g/mol. The molecule has 1 atom stereocenters. The first-order valence-corrected chi connectivity index (χ1v) is 26.4. The van der Waals surface area contributed by atoms with E-state index in [1.165, 1.54) is 19.4 Å². The molecule has 1 unspecified atom stereocenters. The van der Waals surface area contributed by atoms with Crippen LogP contribution in [0.1, 0.15) is 58.8 Å². The quantitative estimate of drug-likeness (QED) is 0.0436. The van der Waals surface area contributed by atoms with Crippen LogP contribution in [0.3, 0.4) is 0 Å². The number of benzene rings is 2. The standard InChI is InChI=1S/C15H15ClFN3O3S2.C15H12F3NO4S.C3H8NO5P.C3H9S/c1-23-13(21)8-24-12-7-11(10(17)6-9(12)16)18-14-19-4-2-3-5-20(19)15(22)25-14;1-24(21,22)12-6-9(15(16,17)18)4-5-10(12)13(20)11-7-19-23-14(11)8-2-3-8;5-3(6)1-4-2-10(7,8)9;1-4(2)3/h6-7H,2-5,8H2,1H3;4-8H,2-3H2,1H3;4H,1-2H2,(H,5,6)(H2,7,8,9);1-3H3/q;;;+1/p-1/b18-14-;;;. The molecular weight excluding hydrogens is 965 g/mol. The van der Waals surface area contributed by atoms with E-state index in [0.717, 1.165) is 67.2 Å². The van der Waals surface area contributed by atoms with Crippen molar-refractivity contribution in [3.8, 4) is 0 Å². The van der Waals surface area contributed by atoms with Crippen molar-refractivity contribution in [1.29, 1.82) is 0 Å². The third-order valence-corrected chi connectivity index (χ3v) is 12.1. The Kier molecular flexibility index (Phi) is 19.9. The lowest BCUT2D eigenvalue weighted by atomic mass is 10.0. The number of methoxy groups -OCH3 is 1. The van der Waals surface area contributed by atoms with Gasteiger partial charge in [-0.2, -0.15) is 13.2 Å². The second kappa shape index (κ2) is 23.4. The van der Waals surface area contributed by atoms with Crippen molar-refractivity contribution in [2.75, 3.05) is 50.7 Å². The highest BCUT2D eigenvalue weighted by Gasteiger charge is 2.36. The molecule has 1 fully saturated rings. The second-order valence-electron chi connectivity index (χ2n) is 13.8. The predicted molar refractivity (Wildman–Crippen MR) is 227 cm³/mol. The maximum Gasteiger partial charge on any atom is 0.416 e. The summed E-state index contributed by atoms with van der Waals surface area (Å²) >= 11 is 8.17. The molecule has 6 rings (SSSR count). The Labute approximate surface area is 374 Å². The van der Waals surface area contributed by atoms with Crippen LogP contribution in [-0.4, -0.2) is 101 Å². The van der Waals surface area contributed by atoms with Gasteiger partial charge in [-0.25, -0.2) is 22.5 Å². The van der Waals surface area contributed by atoms with E-state index in [9.17, 15) is 54.6 Å². The number of ketones is 1. The highest BCUT2D eigenvalue weighted by Crippen LogP contribution is 2.42. The molecule has 1 aliphatic carbocycles. The molecule has 2 aromatic carbocycles. The molecule has 0 saturated heterocycles. The topological polar surface area (TPSA) is 253 Å². The number of alkyl halides is 3. The predicted octanol–water partition coefficient (Wildman–Crippen LogP) is 4.66. The molecule has 17 nitrogen and oxygen atoms in total. The minimum absolute atomic E-state index is 0.0441. The van der Waals surface area contributed by atoms with Crippen LogP contribution in [0.5, 0.6) is 0 Å². The van der Waals surface area contributed by atoms with Crippen molar-refractivity contribution in [2.24, 2.45) is 4.99 Å². The number of hydrogen-bond acceptors (Lipinski definition) is 15. The molecule has 1 aliphatic heterocycles. The third-order valence-electron chi connectivity index (χ3n) is 8.01. The van der Waals surface area contributed by atoms with E-state index in [0.29, 0.717) is 51.6 Å². The van der Waals surface area contributed by atoms with E-state index in [4.69, 9.17) is 26.1 Å². The molecule has 348 valence electrons. The van der Waals surface area contributed by atoms with E-state index < -0.39 is 70.4 Å². The minimum atomic E-state index is -4.71. The average Bonchev–Trinajstić information content (AvgIpc) is 3.82. The number of carboxylic acids is 1. The van der Waals surface area contributed by atoms with Crippen LogP contribution in [-0.2, 0) is 58.9 Å². The van der Waals surface area contributed by atoms with Gasteiger partial charge in [0.05, 0.1) is 71.7 Å². The van der Waals surface area contributed by atoms with E-state index in [2.05, 4.69) is 33.7 Å². The summed E-state index contributed by atoms with van der Waals surface area (Å²) in [7, 11) is -6.45. The summed E-state index contributed by atoms with van der Waals surface area (Å²) in [5.41, 5.74) is -1.29. The largest absolute Gasteiger partial charge is 0.778 e. The van der Waals surface area contributed by atoms with Crippen LogP contribution in [0.15, 0.2) is 60.6 Å². The second-order valence-corrected chi connectivity index (χ2v) is 22.2. The first kappa shape index (κ1) is 53.5. The molecule has 2 aromatic heterocycles. The summed E-state index contributed by atoms with van der Waals surface area (Å²) in [4.78, 5) is 68.2. The zero-order valence-corrected chi connectivity index (χ0v) is 39.1. The van der Waals surface area contributed by atoms with Gasteiger partial charge in [0.25, 0.3) is 0 Å². The maximum absolute atomic E-state index is 14.3. The lowest BCUT2D eigenvalue weighted by Crippen LogP contribution is -2.31. The Bertz CT molecular complexity index is 2550. The van der Waals surface area contributed by atoms with Gasteiger partial charge in [-0.15, -0.1) is 11.8 Å². The zero-order chi connectivity index (χ0) is 47.4. The number of thioether (sulfide) groups is 1. The monoisotopic (exact) mass is 1010 g/mol. The minimum Gasteiger partial charge on any atom is -0.778 e. The normalized spacial score (nSPS) is 14.8. The van der Waals surface area contributed by atoms with E-state index in [-0.39, 0.29) is 38.4 Å². The molecule has 4 aromatic rings. The van der Waals surface area contributed by atoms with Crippen LogP contribution in [0.2, 0.25) is 5.02 Å². The molecule has 0 spiro atoms. The van der Waals surface area contributed by atoms with Crippen molar-refractivity contribution in [2.45, 2.75) is 60.7 Å². The third kappa shape index (κ3) is 17.3. The smallest absolute Gasteiger partial charge is 0.416 e. The number of rotatable bonds is 12. The van der Waals surface area contributed by atoms with Crippen LogP contribution in [0.25, 0.3) is 0 Å². The van der Waals surface area contributed by atoms with E-state index in [1.807, 2.05) is 5.32 Å². The molecule has 3 heterocycles. The molecule has 0 bridgehead atoms. The molecule has 3 N–H and O–H groups in total. The number of aromatic nitrogens is 3. The van der Waals surface area contributed by atoms with Gasteiger partial charge in [0.1, 0.15) is 19.1 Å². The summed E-state index contributed by atoms with van der Waals surface area (Å²) in [6.07, 6.45) is 6.63. The van der Waals surface area contributed by atoms with Gasteiger partial charge in [-0.3, -0.25) is 29.2 Å². The zero-order valence-electron chi connectivity index (χ0n) is 34.1. The fourth-order valence-corrected chi connectivity index (χ4v) is 8.42. The number of sulfone groups is 1. The number of nitrogens with one attached hydrogen (secondary N) is 1. The van der Waals surface area contributed by atoms with Crippen molar-refractivity contribution in [1.82, 2.24) is 19.8 Å². The SMILES string of the molecule is COC(=O)CSc1cc(/N=c2\sc(=O)n3n2CCCC3)c(F)cc1Cl.CS(=O)(=O)c1cc(C(F)(F)F)ccc1C(=O)c1cnoc1C1CC1.C[S+](C)C.O=C(O)CNCP(=O)([O-])O. The number of hydrogen-bond donors (Lipinski definition) is 3. The Morgan fingerprint density at radius 2 is 1.76 bits per heavy atom. The summed E-state index contributed by atoms with van der Waals surface area (Å²) in [6, 6.07) is 4.69. The van der Waals surface area contributed by atoms with Crippen LogP contribution in [0.4, 0.5) is 23.2 Å². The lowest BCUT2D eigenvalue weighted by molar-refractivity contribution is -0.193. The van der Waals surface area contributed by atoms with Crippen LogP contribution >= 0.6 is 42.3 Å². The van der Waals surface area contributed by atoms with Gasteiger partial charge in [-0.1, -0.05) is 16.8 Å². The highest BCUT2D eigenvalue weighted by molar-refractivity contribution is 8.00. The Hall–Kier alpha value is -3.81. The van der Waals surface area contributed by atoms with E-state index >= 15 is 0 Å². The highest BCUT2D eigenvalue weighted by atomic mass is 35.5. The van der Waals surface area contributed by atoms with Crippen molar-refractivity contribution in [3.63, 3.8) is 0 Å². The number of halogens is 5. The summed E-state index contributed by atoms with van der Waals surface area (Å²) in [6.45, 7) is 0.845. The molecule has 27 heteroatoms. The number of carboxylic acid groups (broad SMARTS) is 1. The lowest BCUT2D eigenvalue weighted by Gasteiger charge is -2.15. The van der Waals surface area contributed by atoms with Gasteiger partial charge in [0.2, 0.25) is 4.80 Å². The number of carbonyl (C=O) groups excluding carboxylic acids is 2. The Morgan fingerprint density at radius 3 is 2.30 bits per heavy atom. The fourth-order valence-electron chi connectivity index (χ4n) is 5.13. The van der Waals surface area contributed by atoms with Crippen molar-refractivity contribution >= 4 is 86.4 Å². The van der Waals surface area contributed by atoms with Gasteiger partial charge < -0.3 is 28.7 Å². The number of esters is 1. The summed E-state index contributed by atoms with van der Waals surface area (Å²) in [5, 5.41) is 13.7. The first-order chi connectivity index (χ1) is 29.2. The number of ether oxygens (including phenoxy) is 1. The van der Waals surface area contributed by atoms with Crippen molar-refractivity contribution < 1.29 is 69.1 Å². The van der Waals surface area contributed by atoms with Gasteiger partial charge >= 0.3 is 23.0 Å². The van der Waals surface area contributed by atoms with Crippen LogP contribution < -0.4 is 19.9 Å². The summed E-state index contributed by atoms with van der Waals surface area (Å²) < 4.78 is 99.5. The van der Waals surface area contributed by atoms with E-state index in [1.54, 1.807) is 9.36 Å². The maximum atomic E-state index is 14.3.